The number of nitrogens with zero attached hydrogens (tertiary/aromatic N) is 3. The highest BCUT2D eigenvalue weighted by atomic mass is 35.5. The Bertz CT molecular complexity index is 708. The quantitative estimate of drug-likeness (QED) is 0.748. The fourth-order valence-corrected chi connectivity index (χ4v) is 3.87. The summed E-state index contributed by atoms with van der Waals surface area (Å²) in [4.78, 5) is 12.6. The molecule has 0 radical (unpaired) electrons. The van der Waals surface area contributed by atoms with Gasteiger partial charge in [-0.05, 0) is 54.9 Å². The summed E-state index contributed by atoms with van der Waals surface area (Å²) in [7, 11) is 0. The van der Waals surface area contributed by atoms with E-state index in [9.17, 15) is 4.79 Å². The molecule has 0 unspecified atom stereocenters. The Kier molecular flexibility index (Phi) is 5.04. The maximum Gasteiger partial charge on any atom is 0.214 e. The number of hydrogen-bond donors (Lipinski definition) is 0. The Morgan fingerprint density at radius 3 is 2.62 bits per heavy atom. The second-order valence-electron chi connectivity index (χ2n) is 7.31. The minimum absolute atomic E-state index is 0.108. The summed E-state index contributed by atoms with van der Waals surface area (Å²) in [6, 6.07) is 7.22. The van der Waals surface area contributed by atoms with Gasteiger partial charge in [-0.2, -0.15) is 0 Å². The van der Waals surface area contributed by atoms with Crippen LogP contribution in [0.5, 0.6) is 0 Å². The third kappa shape index (κ3) is 3.54. The molecular weight excluding hydrogens is 322 g/mol. The molecule has 1 heterocycles. The second-order valence-corrected chi connectivity index (χ2v) is 7.75. The number of benzene rings is 1. The Morgan fingerprint density at radius 1 is 1.25 bits per heavy atom. The largest absolute Gasteiger partial charge is 0.287 e. The van der Waals surface area contributed by atoms with Crippen LogP contribution in [0.3, 0.4) is 0 Å². The van der Waals surface area contributed by atoms with Gasteiger partial charge in [0.2, 0.25) is 5.78 Å². The Morgan fingerprint density at radius 2 is 1.96 bits per heavy atom. The Labute approximate surface area is 148 Å². The summed E-state index contributed by atoms with van der Waals surface area (Å²) in [5.74, 6) is 1.76. The molecule has 1 fully saturated rings. The fourth-order valence-electron chi connectivity index (χ4n) is 3.75. The van der Waals surface area contributed by atoms with Crippen LogP contribution >= 0.6 is 11.6 Å². The van der Waals surface area contributed by atoms with Crippen molar-refractivity contribution < 1.29 is 4.79 Å². The molecule has 5 heteroatoms. The monoisotopic (exact) mass is 345 g/mol. The molecule has 3 atom stereocenters. The van der Waals surface area contributed by atoms with E-state index in [2.05, 4.69) is 31.1 Å². The van der Waals surface area contributed by atoms with Gasteiger partial charge in [-0.3, -0.25) is 4.79 Å². The van der Waals surface area contributed by atoms with Crippen molar-refractivity contribution in [3.8, 4) is 0 Å². The van der Waals surface area contributed by atoms with Crippen molar-refractivity contribution in [3.05, 3.63) is 46.7 Å². The van der Waals surface area contributed by atoms with Gasteiger partial charge < -0.3 is 0 Å². The molecule has 0 bridgehead atoms. The number of aromatic nitrogens is 3. The van der Waals surface area contributed by atoms with Crippen molar-refractivity contribution in [1.82, 2.24) is 15.0 Å². The third-order valence-corrected chi connectivity index (χ3v) is 5.43. The molecule has 1 aliphatic rings. The van der Waals surface area contributed by atoms with Crippen molar-refractivity contribution in [3.63, 3.8) is 0 Å². The first-order valence-corrected chi connectivity index (χ1v) is 9.05. The molecule has 1 aromatic carbocycles. The van der Waals surface area contributed by atoms with Crippen molar-refractivity contribution in [1.29, 1.82) is 0 Å². The van der Waals surface area contributed by atoms with E-state index in [-0.39, 0.29) is 5.78 Å². The molecular formula is C19H24ClN3O. The summed E-state index contributed by atoms with van der Waals surface area (Å²) in [5.41, 5.74) is 0.988. The van der Waals surface area contributed by atoms with Gasteiger partial charge in [0.15, 0.2) is 5.69 Å². The summed E-state index contributed by atoms with van der Waals surface area (Å²) < 4.78 is 1.92. The average Bonchev–Trinajstić information content (AvgIpc) is 3.04. The van der Waals surface area contributed by atoms with Crippen LogP contribution in [0.15, 0.2) is 30.5 Å². The zero-order valence-corrected chi connectivity index (χ0v) is 15.2. The number of hydrogen-bond acceptors (Lipinski definition) is 3. The number of halogens is 1. The lowest BCUT2D eigenvalue weighted by atomic mass is 9.74. The average molecular weight is 346 g/mol. The van der Waals surface area contributed by atoms with Crippen molar-refractivity contribution in [2.75, 3.05) is 0 Å². The molecule has 1 aromatic heterocycles. The van der Waals surface area contributed by atoms with E-state index in [1.54, 1.807) is 24.3 Å². The maximum atomic E-state index is 12.6. The first-order valence-electron chi connectivity index (χ1n) is 8.67. The fraction of sp³-hybridized carbons (Fsp3) is 0.526. The van der Waals surface area contributed by atoms with E-state index >= 15 is 0 Å². The normalized spacial score (nSPS) is 24.3. The predicted octanol–water partition coefficient (Wildman–Crippen LogP) is 4.80. The van der Waals surface area contributed by atoms with Gasteiger partial charge in [0.1, 0.15) is 0 Å². The van der Waals surface area contributed by atoms with Gasteiger partial charge in [-0.25, -0.2) is 4.68 Å². The topological polar surface area (TPSA) is 47.8 Å². The molecule has 0 aliphatic heterocycles. The minimum atomic E-state index is -0.108. The molecule has 1 saturated carbocycles. The highest BCUT2D eigenvalue weighted by Crippen LogP contribution is 2.40. The molecule has 4 nitrogen and oxygen atoms in total. The molecule has 128 valence electrons. The van der Waals surface area contributed by atoms with E-state index in [1.165, 1.54) is 12.8 Å². The van der Waals surface area contributed by atoms with E-state index in [1.807, 2.05) is 10.9 Å². The molecule has 0 N–H and O–H groups in total. The summed E-state index contributed by atoms with van der Waals surface area (Å²) in [6.45, 7) is 6.83. The highest BCUT2D eigenvalue weighted by Gasteiger charge is 2.33. The van der Waals surface area contributed by atoms with Gasteiger partial charge in [0.05, 0.1) is 12.2 Å². The van der Waals surface area contributed by atoms with Crippen LogP contribution in [-0.2, 0) is 0 Å². The van der Waals surface area contributed by atoms with Crippen LogP contribution in [0.4, 0.5) is 0 Å². The van der Waals surface area contributed by atoms with Gasteiger partial charge in [-0.1, -0.05) is 44.0 Å². The number of ketones is 1. The number of carbonyl (C=O) groups excluding carboxylic acids is 1. The Balaban J connectivity index is 1.83. The van der Waals surface area contributed by atoms with Gasteiger partial charge >= 0.3 is 0 Å². The predicted molar refractivity (Wildman–Crippen MR) is 95.3 cm³/mol. The van der Waals surface area contributed by atoms with Crippen molar-refractivity contribution in [2.45, 2.75) is 46.1 Å². The van der Waals surface area contributed by atoms with Crippen molar-refractivity contribution in [2.24, 2.45) is 17.8 Å². The summed E-state index contributed by atoms with van der Waals surface area (Å²) in [5, 5.41) is 9.05. The lowest BCUT2D eigenvalue weighted by molar-refractivity contribution is 0.103. The molecule has 1 aliphatic carbocycles. The number of carbonyl (C=O) groups is 1. The Hall–Kier alpha value is -1.68. The molecule has 0 spiro atoms. The molecule has 0 amide bonds. The van der Waals surface area contributed by atoms with E-state index in [0.29, 0.717) is 40.1 Å². The maximum absolute atomic E-state index is 12.6. The summed E-state index contributed by atoms with van der Waals surface area (Å²) >= 11 is 5.88. The van der Waals surface area contributed by atoms with Crippen LogP contribution in [0.2, 0.25) is 5.02 Å². The van der Waals surface area contributed by atoms with Crippen LogP contribution in [0.25, 0.3) is 0 Å². The lowest BCUT2D eigenvalue weighted by Gasteiger charge is -2.37. The second kappa shape index (κ2) is 7.06. The smallest absolute Gasteiger partial charge is 0.214 e. The highest BCUT2D eigenvalue weighted by molar-refractivity contribution is 6.30. The molecule has 2 aromatic rings. The zero-order valence-electron chi connectivity index (χ0n) is 14.4. The minimum Gasteiger partial charge on any atom is -0.287 e. The first kappa shape index (κ1) is 17.2. The van der Waals surface area contributed by atoms with E-state index in [4.69, 9.17) is 11.6 Å². The van der Waals surface area contributed by atoms with Gasteiger partial charge in [0, 0.05) is 10.6 Å². The SMILES string of the molecule is CC(C)[C@@H]1CC[C@@H](C)C[C@H]1n1cc(C(=O)c2ccc(Cl)cc2)nn1. The zero-order chi connectivity index (χ0) is 17.3. The summed E-state index contributed by atoms with van der Waals surface area (Å²) in [6.07, 6.45) is 5.39. The van der Waals surface area contributed by atoms with Crippen LogP contribution in [0.1, 0.15) is 62.1 Å². The van der Waals surface area contributed by atoms with Gasteiger partial charge in [-0.15, -0.1) is 5.10 Å². The molecule has 0 saturated heterocycles. The number of rotatable bonds is 4. The van der Waals surface area contributed by atoms with Gasteiger partial charge in [0.25, 0.3) is 0 Å². The molecule has 24 heavy (non-hydrogen) atoms. The van der Waals surface area contributed by atoms with E-state index < -0.39 is 0 Å². The first-order chi connectivity index (χ1) is 11.5. The van der Waals surface area contributed by atoms with Crippen molar-refractivity contribution >= 4 is 17.4 Å². The van der Waals surface area contributed by atoms with Crippen LogP contribution in [0, 0.1) is 17.8 Å². The van der Waals surface area contributed by atoms with Crippen LogP contribution < -0.4 is 0 Å². The lowest BCUT2D eigenvalue weighted by Crippen LogP contribution is -2.30. The molecule has 3 rings (SSSR count). The third-order valence-electron chi connectivity index (χ3n) is 5.18. The standard InChI is InChI=1S/C19H24ClN3O/c1-12(2)16-9-4-13(3)10-18(16)23-11-17(21-22-23)19(24)14-5-7-15(20)8-6-14/h5-8,11-13,16,18H,4,9-10H2,1-3H3/t13-,16+,18-/m1/s1. The van der Waals surface area contributed by atoms with Crippen LogP contribution in [-0.4, -0.2) is 20.8 Å². The van der Waals surface area contributed by atoms with E-state index in [0.717, 1.165) is 6.42 Å².